The molecule has 4 nitrogen and oxygen atoms in total. The van der Waals surface area contributed by atoms with Gasteiger partial charge in [-0.25, -0.2) is 4.79 Å². The van der Waals surface area contributed by atoms with Gasteiger partial charge in [0.25, 0.3) is 0 Å². The van der Waals surface area contributed by atoms with Crippen LogP contribution < -0.4 is 0 Å². The fourth-order valence-electron chi connectivity index (χ4n) is 0.990. The summed E-state index contributed by atoms with van der Waals surface area (Å²) in [5.41, 5.74) is -1.34. The van der Waals surface area contributed by atoms with Crippen molar-refractivity contribution >= 4 is 11.7 Å². The molecule has 0 saturated heterocycles. The smallest absolute Gasteiger partial charge is 0.400 e. The van der Waals surface area contributed by atoms with E-state index in [1.54, 1.807) is 0 Å². The Balaban J connectivity index is 5.05. The second-order valence-corrected chi connectivity index (χ2v) is 3.11. The summed E-state index contributed by atoms with van der Waals surface area (Å²) in [6.45, 7) is 1.01. The van der Waals surface area contributed by atoms with Gasteiger partial charge in [-0.15, -0.1) is 0 Å². The van der Waals surface area contributed by atoms with Gasteiger partial charge in [-0.1, -0.05) is 5.16 Å². The maximum atomic E-state index is 12.2. The van der Waals surface area contributed by atoms with Crippen LogP contribution in [0.4, 0.5) is 26.3 Å². The molecular weight excluding hydrogens is 272 g/mol. The van der Waals surface area contributed by atoms with Crippen LogP contribution in [0.25, 0.3) is 0 Å². The summed E-state index contributed by atoms with van der Waals surface area (Å²) in [5.74, 6) is -5.32. The number of rotatable bonds is 4. The Labute approximate surface area is 97.2 Å². The first-order valence-corrected chi connectivity index (χ1v) is 4.55. The second kappa shape index (κ2) is 5.91. The third kappa shape index (κ3) is 4.80. The van der Waals surface area contributed by atoms with E-state index < -0.39 is 36.4 Å². The van der Waals surface area contributed by atoms with E-state index in [4.69, 9.17) is 5.21 Å². The average Bonchev–Trinajstić information content (AvgIpc) is 2.14. The van der Waals surface area contributed by atoms with Gasteiger partial charge >= 0.3 is 18.3 Å². The number of carbonyl (C=O) groups excluding carboxylic acids is 1. The van der Waals surface area contributed by atoms with Crippen molar-refractivity contribution in [3.63, 3.8) is 0 Å². The van der Waals surface area contributed by atoms with E-state index in [2.05, 4.69) is 9.89 Å². The van der Waals surface area contributed by atoms with Gasteiger partial charge in [-0.3, -0.25) is 0 Å². The Morgan fingerprint density at radius 2 is 1.67 bits per heavy atom. The lowest BCUT2D eigenvalue weighted by atomic mass is 10.0. The Morgan fingerprint density at radius 1 is 1.22 bits per heavy atom. The van der Waals surface area contributed by atoms with Crippen molar-refractivity contribution in [2.24, 2.45) is 11.1 Å². The summed E-state index contributed by atoms with van der Waals surface area (Å²) in [7, 11) is 0. The number of alkyl halides is 6. The van der Waals surface area contributed by atoms with E-state index in [-0.39, 0.29) is 6.61 Å². The molecule has 0 aliphatic carbocycles. The molecule has 0 saturated carbocycles. The topological polar surface area (TPSA) is 58.9 Å². The summed E-state index contributed by atoms with van der Waals surface area (Å²) < 4.78 is 77.1. The molecule has 0 amide bonds. The number of carbonyl (C=O) groups is 1. The molecule has 0 radical (unpaired) electrons. The molecule has 10 heteroatoms. The first-order chi connectivity index (χ1) is 8.04. The third-order valence-electron chi connectivity index (χ3n) is 1.82. The SMILES string of the molecule is CCOC(=O)/C(CC(C(F)(F)F)C(F)(F)F)=N\O. The van der Waals surface area contributed by atoms with Crippen molar-refractivity contribution in [3.8, 4) is 0 Å². The fraction of sp³-hybridized carbons (Fsp3) is 0.750. The Hall–Kier alpha value is -1.48. The lowest BCUT2D eigenvalue weighted by molar-refractivity contribution is -0.281. The highest BCUT2D eigenvalue weighted by atomic mass is 19.4. The second-order valence-electron chi connectivity index (χ2n) is 3.11. The predicted molar refractivity (Wildman–Crippen MR) is 46.1 cm³/mol. The number of hydrogen-bond acceptors (Lipinski definition) is 4. The molecule has 0 atom stereocenters. The Morgan fingerprint density at radius 3 is 1.94 bits per heavy atom. The van der Waals surface area contributed by atoms with Gasteiger partial charge in [-0.2, -0.15) is 26.3 Å². The molecule has 0 aliphatic rings. The molecule has 0 unspecified atom stereocenters. The molecule has 0 aromatic rings. The van der Waals surface area contributed by atoms with Gasteiger partial charge < -0.3 is 9.94 Å². The molecule has 0 aromatic heterocycles. The van der Waals surface area contributed by atoms with E-state index in [9.17, 15) is 31.1 Å². The largest absolute Gasteiger partial charge is 0.461 e. The minimum Gasteiger partial charge on any atom is -0.461 e. The van der Waals surface area contributed by atoms with Crippen LogP contribution in [0.3, 0.4) is 0 Å². The summed E-state index contributed by atoms with van der Waals surface area (Å²) in [6, 6.07) is 0. The number of nitrogens with zero attached hydrogens (tertiary/aromatic N) is 1. The van der Waals surface area contributed by atoms with Crippen molar-refractivity contribution in [2.75, 3.05) is 6.61 Å². The molecule has 106 valence electrons. The maximum Gasteiger partial charge on any atom is 0.400 e. The molecule has 0 bridgehead atoms. The normalized spacial score (nSPS) is 13.9. The standard InChI is InChI=1S/C8H9F6NO3/c1-2-18-6(16)4(15-17)3-5(7(9,10)11)8(12,13)14/h5,17H,2-3H2,1H3/b15-4-. The van der Waals surface area contributed by atoms with Crippen LogP contribution >= 0.6 is 0 Å². The van der Waals surface area contributed by atoms with Crippen LogP contribution in [0, 0.1) is 5.92 Å². The van der Waals surface area contributed by atoms with Crippen LogP contribution in [0.2, 0.25) is 0 Å². The van der Waals surface area contributed by atoms with Crippen molar-refractivity contribution in [1.29, 1.82) is 0 Å². The zero-order chi connectivity index (χ0) is 14.6. The highest BCUT2D eigenvalue weighted by Gasteiger charge is 2.57. The summed E-state index contributed by atoms with van der Waals surface area (Å²) in [4.78, 5) is 10.9. The van der Waals surface area contributed by atoms with Gasteiger partial charge in [0, 0.05) is 6.42 Å². The van der Waals surface area contributed by atoms with Crippen molar-refractivity contribution < 1.29 is 41.1 Å². The lowest BCUT2D eigenvalue weighted by Gasteiger charge is -2.22. The number of esters is 1. The highest BCUT2D eigenvalue weighted by Crippen LogP contribution is 2.41. The van der Waals surface area contributed by atoms with E-state index in [1.807, 2.05) is 0 Å². The number of hydrogen-bond donors (Lipinski definition) is 1. The van der Waals surface area contributed by atoms with E-state index in [0.29, 0.717) is 0 Å². The van der Waals surface area contributed by atoms with Crippen molar-refractivity contribution in [3.05, 3.63) is 0 Å². The lowest BCUT2D eigenvalue weighted by Crippen LogP contribution is -2.39. The molecule has 0 rings (SSSR count). The highest BCUT2D eigenvalue weighted by molar-refractivity contribution is 6.36. The monoisotopic (exact) mass is 281 g/mol. The molecule has 18 heavy (non-hydrogen) atoms. The van der Waals surface area contributed by atoms with Crippen LogP contribution in [-0.4, -0.2) is 35.8 Å². The van der Waals surface area contributed by atoms with Crippen molar-refractivity contribution in [2.45, 2.75) is 25.7 Å². The van der Waals surface area contributed by atoms with Gasteiger partial charge in [0.2, 0.25) is 0 Å². The number of ether oxygens (including phenoxy) is 1. The van der Waals surface area contributed by atoms with Gasteiger partial charge in [-0.05, 0) is 6.92 Å². The number of halogens is 6. The first kappa shape index (κ1) is 16.5. The summed E-state index contributed by atoms with van der Waals surface area (Å²) in [6.07, 6.45) is -13.1. The average molecular weight is 281 g/mol. The molecule has 0 spiro atoms. The van der Waals surface area contributed by atoms with Crippen LogP contribution in [0.15, 0.2) is 5.16 Å². The first-order valence-electron chi connectivity index (χ1n) is 4.55. The summed E-state index contributed by atoms with van der Waals surface area (Å²) >= 11 is 0. The molecule has 0 fully saturated rings. The minimum absolute atomic E-state index is 0.277. The Bertz CT molecular complexity index is 308. The molecule has 1 N–H and O–H groups in total. The molecule has 0 heterocycles. The third-order valence-corrected chi connectivity index (χ3v) is 1.82. The maximum absolute atomic E-state index is 12.2. The zero-order valence-corrected chi connectivity index (χ0v) is 8.97. The van der Waals surface area contributed by atoms with Crippen molar-refractivity contribution in [1.82, 2.24) is 0 Å². The predicted octanol–water partition coefficient (Wildman–Crippen LogP) is 2.51. The molecule has 0 aromatic carbocycles. The van der Waals surface area contributed by atoms with E-state index >= 15 is 0 Å². The van der Waals surface area contributed by atoms with Crippen LogP contribution in [0.5, 0.6) is 0 Å². The van der Waals surface area contributed by atoms with E-state index in [0.717, 1.165) is 0 Å². The minimum atomic E-state index is -5.61. The molecule has 0 aliphatic heterocycles. The van der Waals surface area contributed by atoms with Gasteiger partial charge in [0.05, 0.1) is 6.61 Å². The van der Waals surface area contributed by atoms with Crippen LogP contribution in [0.1, 0.15) is 13.3 Å². The van der Waals surface area contributed by atoms with Gasteiger partial charge in [0.1, 0.15) is 0 Å². The molecular formula is C8H9F6NO3. The van der Waals surface area contributed by atoms with E-state index in [1.165, 1.54) is 6.92 Å². The summed E-state index contributed by atoms with van der Waals surface area (Å²) in [5, 5.41) is 10.4. The Kier molecular flexibility index (Phi) is 5.43. The van der Waals surface area contributed by atoms with Crippen LogP contribution in [-0.2, 0) is 9.53 Å². The van der Waals surface area contributed by atoms with Gasteiger partial charge in [0.15, 0.2) is 11.6 Å². The fourth-order valence-corrected chi connectivity index (χ4v) is 0.990. The number of oxime groups is 1. The zero-order valence-electron chi connectivity index (χ0n) is 8.97. The quantitative estimate of drug-likeness (QED) is 0.283.